The zero-order valence-corrected chi connectivity index (χ0v) is 14.4. The number of imidazole rings is 1. The van der Waals surface area contributed by atoms with Crippen LogP contribution in [0.1, 0.15) is 26.1 Å². The van der Waals surface area contributed by atoms with E-state index in [-0.39, 0.29) is 18.2 Å². The van der Waals surface area contributed by atoms with Gasteiger partial charge in [-0.25, -0.2) is 4.98 Å². The zero-order valence-electron chi connectivity index (χ0n) is 14.4. The number of benzene rings is 1. The normalized spacial score (nSPS) is 17.6. The number of nitrogens with zero attached hydrogens (tertiary/aromatic N) is 3. The first-order valence-corrected chi connectivity index (χ1v) is 8.65. The summed E-state index contributed by atoms with van der Waals surface area (Å²) in [6.45, 7) is 7.73. The highest BCUT2D eigenvalue weighted by atomic mass is 16.3. The van der Waals surface area contributed by atoms with Crippen LogP contribution in [0.5, 0.6) is 0 Å². The molecule has 1 atom stereocenters. The molecule has 1 aliphatic rings. The summed E-state index contributed by atoms with van der Waals surface area (Å²) in [5.41, 5.74) is 2.05. The summed E-state index contributed by atoms with van der Waals surface area (Å²) in [6, 6.07) is 8.03. The lowest BCUT2D eigenvalue weighted by atomic mass is 10.0. The molecule has 2 N–H and O–H groups in total. The SMILES string of the molecule is CC(C)C(O)CC(=O)N1CCN(Cc2nc3ccccc3[nH]2)CC1. The molecule has 1 unspecified atom stereocenters. The lowest BCUT2D eigenvalue weighted by molar-refractivity contribution is -0.135. The average molecular weight is 330 g/mol. The van der Waals surface area contributed by atoms with Crippen molar-refractivity contribution in [3.8, 4) is 0 Å². The molecule has 1 fully saturated rings. The van der Waals surface area contributed by atoms with Gasteiger partial charge in [-0.2, -0.15) is 0 Å². The number of aromatic nitrogens is 2. The van der Waals surface area contributed by atoms with E-state index < -0.39 is 6.10 Å². The van der Waals surface area contributed by atoms with Gasteiger partial charge in [-0.3, -0.25) is 9.69 Å². The maximum Gasteiger partial charge on any atom is 0.225 e. The number of aliphatic hydroxyl groups excluding tert-OH is 1. The van der Waals surface area contributed by atoms with Gasteiger partial charge in [0.05, 0.1) is 30.1 Å². The summed E-state index contributed by atoms with van der Waals surface area (Å²) in [4.78, 5) is 24.3. The molecular formula is C18H26N4O2. The molecule has 1 aromatic heterocycles. The first kappa shape index (κ1) is 16.9. The van der Waals surface area contributed by atoms with Crippen molar-refractivity contribution in [3.63, 3.8) is 0 Å². The molecule has 2 heterocycles. The van der Waals surface area contributed by atoms with E-state index in [9.17, 15) is 9.90 Å². The minimum absolute atomic E-state index is 0.0552. The number of nitrogens with one attached hydrogen (secondary N) is 1. The Hall–Kier alpha value is -1.92. The second-order valence-electron chi connectivity index (χ2n) is 6.87. The Morgan fingerprint density at radius 3 is 2.62 bits per heavy atom. The summed E-state index contributed by atoms with van der Waals surface area (Å²) in [5.74, 6) is 1.13. The van der Waals surface area contributed by atoms with Gasteiger partial charge in [0, 0.05) is 26.2 Å². The largest absolute Gasteiger partial charge is 0.392 e. The number of hydrogen-bond acceptors (Lipinski definition) is 4. The fourth-order valence-electron chi connectivity index (χ4n) is 2.99. The fourth-order valence-corrected chi connectivity index (χ4v) is 2.99. The van der Waals surface area contributed by atoms with Crippen molar-refractivity contribution in [2.24, 2.45) is 5.92 Å². The molecule has 6 heteroatoms. The number of para-hydroxylation sites is 2. The van der Waals surface area contributed by atoms with Crippen LogP contribution in [0.3, 0.4) is 0 Å². The molecule has 1 aliphatic heterocycles. The molecule has 0 aliphatic carbocycles. The lowest BCUT2D eigenvalue weighted by Gasteiger charge is -2.34. The number of hydrogen-bond donors (Lipinski definition) is 2. The summed E-state index contributed by atoms with van der Waals surface area (Å²) in [5, 5.41) is 9.87. The van der Waals surface area contributed by atoms with Crippen LogP contribution in [-0.4, -0.2) is 63.1 Å². The highest BCUT2D eigenvalue weighted by Crippen LogP contribution is 2.14. The highest BCUT2D eigenvalue weighted by molar-refractivity contribution is 5.77. The Bertz CT molecular complexity index is 656. The van der Waals surface area contributed by atoms with Crippen LogP contribution in [0.15, 0.2) is 24.3 Å². The summed E-state index contributed by atoms with van der Waals surface area (Å²) in [7, 11) is 0. The van der Waals surface area contributed by atoms with Crippen LogP contribution in [0, 0.1) is 5.92 Å². The molecule has 0 saturated carbocycles. The quantitative estimate of drug-likeness (QED) is 0.874. The minimum Gasteiger partial charge on any atom is -0.392 e. The second kappa shape index (κ2) is 7.32. The third kappa shape index (κ3) is 3.94. The lowest BCUT2D eigenvalue weighted by Crippen LogP contribution is -2.49. The Kier molecular flexibility index (Phi) is 5.16. The van der Waals surface area contributed by atoms with E-state index >= 15 is 0 Å². The number of piperazine rings is 1. The third-order valence-corrected chi connectivity index (χ3v) is 4.69. The maximum atomic E-state index is 12.2. The maximum absolute atomic E-state index is 12.2. The Labute approximate surface area is 142 Å². The topological polar surface area (TPSA) is 72.5 Å². The molecule has 0 radical (unpaired) electrons. The summed E-state index contributed by atoms with van der Waals surface area (Å²) >= 11 is 0. The number of rotatable bonds is 5. The van der Waals surface area contributed by atoms with E-state index in [4.69, 9.17) is 0 Å². The van der Waals surface area contributed by atoms with Gasteiger partial charge >= 0.3 is 0 Å². The Morgan fingerprint density at radius 2 is 1.96 bits per heavy atom. The highest BCUT2D eigenvalue weighted by Gasteiger charge is 2.24. The van der Waals surface area contributed by atoms with Crippen LogP contribution in [0.2, 0.25) is 0 Å². The second-order valence-corrected chi connectivity index (χ2v) is 6.87. The minimum atomic E-state index is -0.550. The van der Waals surface area contributed by atoms with Gasteiger partial charge in [0.2, 0.25) is 5.91 Å². The van der Waals surface area contributed by atoms with Crippen LogP contribution in [0.4, 0.5) is 0 Å². The van der Waals surface area contributed by atoms with Crippen molar-refractivity contribution in [2.45, 2.75) is 32.9 Å². The van der Waals surface area contributed by atoms with Gasteiger partial charge in [-0.05, 0) is 18.1 Å². The van der Waals surface area contributed by atoms with Crippen molar-refractivity contribution in [3.05, 3.63) is 30.1 Å². The van der Waals surface area contributed by atoms with Crippen LogP contribution >= 0.6 is 0 Å². The van der Waals surface area contributed by atoms with Crippen LogP contribution in [-0.2, 0) is 11.3 Å². The van der Waals surface area contributed by atoms with Gasteiger partial charge in [0.15, 0.2) is 0 Å². The predicted molar refractivity (Wildman–Crippen MR) is 93.4 cm³/mol. The number of aliphatic hydroxyl groups is 1. The molecule has 2 aromatic rings. The van der Waals surface area contributed by atoms with Crippen molar-refractivity contribution in [2.75, 3.05) is 26.2 Å². The van der Waals surface area contributed by atoms with E-state index in [1.165, 1.54) is 0 Å². The van der Waals surface area contributed by atoms with E-state index in [1.807, 2.05) is 43.0 Å². The summed E-state index contributed by atoms with van der Waals surface area (Å²) in [6.07, 6.45) is -0.326. The third-order valence-electron chi connectivity index (χ3n) is 4.69. The molecule has 3 rings (SSSR count). The fraction of sp³-hybridized carbons (Fsp3) is 0.556. The van der Waals surface area contributed by atoms with E-state index in [0.29, 0.717) is 13.1 Å². The number of carbonyl (C=O) groups excluding carboxylic acids is 1. The molecule has 6 nitrogen and oxygen atoms in total. The van der Waals surface area contributed by atoms with Crippen LogP contribution in [0.25, 0.3) is 11.0 Å². The van der Waals surface area contributed by atoms with E-state index in [1.54, 1.807) is 0 Å². The van der Waals surface area contributed by atoms with Gasteiger partial charge < -0.3 is 15.0 Å². The van der Waals surface area contributed by atoms with Crippen LogP contribution < -0.4 is 0 Å². The number of amides is 1. The van der Waals surface area contributed by atoms with Crippen molar-refractivity contribution >= 4 is 16.9 Å². The molecule has 1 saturated heterocycles. The number of carbonyl (C=O) groups is 1. The number of H-pyrrole nitrogens is 1. The van der Waals surface area contributed by atoms with Gasteiger partial charge in [0.25, 0.3) is 0 Å². The van der Waals surface area contributed by atoms with Gasteiger partial charge in [-0.15, -0.1) is 0 Å². The van der Waals surface area contributed by atoms with Crippen molar-refractivity contribution in [1.82, 2.24) is 19.8 Å². The molecule has 1 aromatic carbocycles. The zero-order chi connectivity index (χ0) is 17.1. The Balaban J connectivity index is 1.50. The van der Waals surface area contributed by atoms with E-state index in [0.717, 1.165) is 36.5 Å². The standard InChI is InChI=1S/C18H26N4O2/c1-13(2)16(23)11-18(24)22-9-7-21(8-10-22)12-17-19-14-5-3-4-6-15(14)20-17/h3-6,13,16,23H,7-12H2,1-2H3,(H,19,20). The molecule has 1 amide bonds. The molecule has 24 heavy (non-hydrogen) atoms. The first-order chi connectivity index (χ1) is 11.5. The molecule has 130 valence electrons. The predicted octanol–water partition coefficient (Wildman–Crippen LogP) is 1.61. The summed E-state index contributed by atoms with van der Waals surface area (Å²) < 4.78 is 0. The van der Waals surface area contributed by atoms with Crippen molar-refractivity contribution in [1.29, 1.82) is 0 Å². The smallest absolute Gasteiger partial charge is 0.225 e. The van der Waals surface area contributed by atoms with E-state index in [2.05, 4.69) is 14.9 Å². The number of fused-ring (bicyclic) bond motifs is 1. The van der Waals surface area contributed by atoms with Gasteiger partial charge in [0.1, 0.15) is 5.82 Å². The monoisotopic (exact) mass is 330 g/mol. The molecule has 0 bridgehead atoms. The first-order valence-electron chi connectivity index (χ1n) is 8.65. The number of aromatic amines is 1. The Morgan fingerprint density at radius 1 is 1.25 bits per heavy atom. The average Bonchev–Trinajstić information content (AvgIpc) is 2.97. The molecular weight excluding hydrogens is 304 g/mol. The van der Waals surface area contributed by atoms with Crippen molar-refractivity contribution < 1.29 is 9.90 Å². The molecule has 0 spiro atoms. The van der Waals surface area contributed by atoms with Gasteiger partial charge in [-0.1, -0.05) is 26.0 Å².